The molecule has 0 saturated carbocycles. The van der Waals surface area contributed by atoms with Gasteiger partial charge in [0.2, 0.25) is 5.91 Å². The van der Waals surface area contributed by atoms with Crippen molar-refractivity contribution in [1.82, 2.24) is 14.9 Å². The molecule has 0 aromatic carbocycles. The quantitative estimate of drug-likeness (QED) is 0.866. The lowest BCUT2D eigenvalue weighted by Gasteiger charge is -2.37. The van der Waals surface area contributed by atoms with Crippen LogP contribution in [0.3, 0.4) is 0 Å². The first kappa shape index (κ1) is 14.9. The minimum Gasteiger partial charge on any atom is -0.465 e. The van der Waals surface area contributed by atoms with E-state index in [-0.39, 0.29) is 0 Å². The molecule has 1 aromatic rings. The van der Waals surface area contributed by atoms with E-state index < -0.39 is 23.6 Å². The Morgan fingerprint density at radius 1 is 1.37 bits per heavy atom. The van der Waals surface area contributed by atoms with Crippen LogP contribution in [0.1, 0.15) is 27.7 Å². The van der Waals surface area contributed by atoms with Gasteiger partial charge in [0, 0.05) is 17.9 Å². The number of rotatable bonds is 3. The molecule has 0 saturated heterocycles. The average Bonchev–Trinajstić information content (AvgIpc) is 2.27. The molecule has 0 aliphatic rings. The van der Waals surface area contributed by atoms with Crippen LogP contribution in [0.25, 0.3) is 0 Å². The smallest absolute Gasteiger partial charge is 0.408 e. The summed E-state index contributed by atoms with van der Waals surface area (Å²) in [5.74, 6) is -0.156. The number of hydrogen-bond donors (Lipinski definition) is 2. The Hall–Kier alpha value is -2.18. The third-order valence-corrected chi connectivity index (χ3v) is 2.51. The van der Waals surface area contributed by atoms with Gasteiger partial charge >= 0.3 is 6.09 Å². The molecule has 1 heterocycles. The van der Waals surface area contributed by atoms with Crippen molar-refractivity contribution < 1.29 is 14.7 Å². The Balaban J connectivity index is 2.83. The van der Waals surface area contributed by atoms with Crippen LogP contribution < -0.4 is 5.32 Å². The summed E-state index contributed by atoms with van der Waals surface area (Å²) in [7, 11) is 0. The monoisotopic (exact) mass is 266 g/mol. The number of carboxylic acid groups (broad SMARTS) is 1. The van der Waals surface area contributed by atoms with Crippen LogP contribution in [0.4, 0.5) is 10.6 Å². The van der Waals surface area contributed by atoms with E-state index in [0.29, 0.717) is 5.82 Å². The van der Waals surface area contributed by atoms with Gasteiger partial charge in [-0.2, -0.15) is 0 Å². The maximum Gasteiger partial charge on any atom is 0.408 e. The zero-order valence-electron chi connectivity index (χ0n) is 11.4. The summed E-state index contributed by atoms with van der Waals surface area (Å²) in [6.07, 6.45) is 3.18. The van der Waals surface area contributed by atoms with E-state index in [1.165, 1.54) is 25.5 Å². The van der Waals surface area contributed by atoms with Gasteiger partial charge in [-0.3, -0.25) is 14.7 Å². The fourth-order valence-electron chi connectivity index (χ4n) is 1.75. The molecule has 0 spiro atoms. The Labute approximate surface area is 111 Å². The molecule has 7 nitrogen and oxygen atoms in total. The third kappa shape index (κ3) is 3.90. The molecule has 1 rings (SSSR count). The maximum absolute atomic E-state index is 12.0. The Morgan fingerprint density at radius 2 is 2.00 bits per heavy atom. The molecule has 2 N–H and O–H groups in total. The molecule has 104 valence electrons. The van der Waals surface area contributed by atoms with Crippen molar-refractivity contribution in [3.63, 3.8) is 0 Å². The van der Waals surface area contributed by atoms with Gasteiger partial charge in [0.15, 0.2) is 5.82 Å². The number of amides is 2. The van der Waals surface area contributed by atoms with Crippen molar-refractivity contribution in [2.45, 2.75) is 39.3 Å². The fraction of sp³-hybridized carbons (Fsp3) is 0.500. The molecule has 0 bridgehead atoms. The van der Waals surface area contributed by atoms with Crippen molar-refractivity contribution in [3.05, 3.63) is 18.6 Å². The summed E-state index contributed by atoms with van der Waals surface area (Å²) >= 11 is 0. The maximum atomic E-state index is 12.0. The minimum absolute atomic E-state index is 0.290. The van der Waals surface area contributed by atoms with E-state index in [1.807, 2.05) is 0 Å². The molecule has 0 aliphatic heterocycles. The zero-order chi connectivity index (χ0) is 14.6. The highest BCUT2D eigenvalue weighted by atomic mass is 16.4. The van der Waals surface area contributed by atoms with E-state index in [4.69, 9.17) is 0 Å². The van der Waals surface area contributed by atoms with Crippen LogP contribution in [0.2, 0.25) is 0 Å². The number of nitrogens with zero attached hydrogens (tertiary/aromatic N) is 3. The molecule has 1 unspecified atom stereocenters. The standard InChI is InChI=1S/C12H18N4O3/c1-8(16(11(18)19)12(2,3)4)10(17)15-9-7-13-5-6-14-9/h5-8H,1-4H3,(H,18,19)(H,14,15,17). The van der Waals surface area contributed by atoms with Crippen LogP contribution in [0.15, 0.2) is 18.6 Å². The van der Waals surface area contributed by atoms with Crippen molar-refractivity contribution >= 4 is 17.8 Å². The molecule has 19 heavy (non-hydrogen) atoms. The Bertz CT molecular complexity index is 456. The second kappa shape index (κ2) is 5.64. The SMILES string of the molecule is CC(C(=O)Nc1cnccn1)N(C(=O)O)C(C)(C)C. The van der Waals surface area contributed by atoms with Gasteiger partial charge in [0.1, 0.15) is 6.04 Å². The second-order valence-corrected chi connectivity index (χ2v) is 5.08. The first-order valence-electron chi connectivity index (χ1n) is 5.82. The summed E-state index contributed by atoms with van der Waals surface area (Å²) in [5.41, 5.74) is -0.676. The number of carbonyl (C=O) groups excluding carboxylic acids is 1. The topological polar surface area (TPSA) is 95.4 Å². The van der Waals surface area contributed by atoms with Gasteiger partial charge in [0.05, 0.1) is 6.20 Å². The lowest BCUT2D eigenvalue weighted by atomic mass is 10.0. The normalized spacial score (nSPS) is 12.6. The van der Waals surface area contributed by atoms with Crippen molar-refractivity contribution in [2.75, 3.05) is 5.32 Å². The summed E-state index contributed by atoms with van der Waals surface area (Å²) in [5, 5.41) is 11.7. The van der Waals surface area contributed by atoms with Crippen LogP contribution in [-0.2, 0) is 4.79 Å². The number of aromatic nitrogens is 2. The van der Waals surface area contributed by atoms with E-state index in [9.17, 15) is 14.7 Å². The van der Waals surface area contributed by atoms with Crippen molar-refractivity contribution in [2.24, 2.45) is 0 Å². The average molecular weight is 266 g/mol. The van der Waals surface area contributed by atoms with Gasteiger partial charge < -0.3 is 10.4 Å². The van der Waals surface area contributed by atoms with Crippen LogP contribution >= 0.6 is 0 Å². The van der Waals surface area contributed by atoms with Crippen LogP contribution in [0.5, 0.6) is 0 Å². The first-order valence-corrected chi connectivity index (χ1v) is 5.82. The molecule has 7 heteroatoms. The molecule has 0 fully saturated rings. The number of nitrogens with one attached hydrogen (secondary N) is 1. The van der Waals surface area contributed by atoms with E-state index in [1.54, 1.807) is 20.8 Å². The highest BCUT2D eigenvalue weighted by Gasteiger charge is 2.34. The highest BCUT2D eigenvalue weighted by molar-refractivity contribution is 5.95. The summed E-state index contributed by atoms with van der Waals surface area (Å²) in [4.78, 5) is 32.1. The minimum atomic E-state index is -1.14. The zero-order valence-corrected chi connectivity index (χ0v) is 11.4. The Morgan fingerprint density at radius 3 is 2.42 bits per heavy atom. The number of hydrogen-bond acceptors (Lipinski definition) is 4. The Kier molecular flexibility index (Phi) is 4.42. The summed E-state index contributed by atoms with van der Waals surface area (Å²) in [6, 6.07) is -0.834. The lowest BCUT2D eigenvalue weighted by Crippen LogP contribution is -2.54. The molecular weight excluding hydrogens is 248 g/mol. The summed E-state index contributed by atoms with van der Waals surface area (Å²) < 4.78 is 0. The second-order valence-electron chi connectivity index (χ2n) is 5.08. The van der Waals surface area contributed by atoms with Gasteiger partial charge in [-0.25, -0.2) is 9.78 Å². The number of carbonyl (C=O) groups is 2. The van der Waals surface area contributed by atoms with Gasteiger partial charge in [-0.15, -0.1) is 0 Å². The van der Waals surface area contributed by atoms with Gasteiger partial charge in [-0.1, -0.05) is 0 Å². The van der Waals surface area contributed by atoms with E-state index in [2.05, 4.69) is 15.3 Å². The number of anilines is 1. The predicted octanol–water partition coefficient (Wildman–Crippen LogP) is 1.58. The van der Waals surface area contributed by atoms with Crippen LogP contribution in [0, 0.1) is 0 Å². The van der Waals surface area contributed by atoms with Gasteiger partial charge in [-0.05, 0) is 27.7 Å². The van der Waals surface area contributed by atoms with Crippen LogP contribution in [-0.4, -0.2) is 43.6 Å². The highest BCUT2D eigenvalue weighted by Crippen LogP contribution is 2.18. The van der Waals surface area contributed by atoms with Gasteiger partial charge in [0.25, 0.3) is 0 Å². The fourth-order valence-corrected chi connectivity index (χ4v) is 1.75. The molecule has 2 amide bonds. The molecule has 1 aromatic heterocycles. The largest absolute Gasteiger partial charge is 0.465 e. The molecule has 0 radical (unpaired) electrons. The first-order chi connectivity index (χ1) is 8.73. The third-order valence-electron chi connectivity index (χ3n) is 2.51. The lowest BCUT2D eigenvalue weighted by molar-refractivity contribution is -0.121. The van der Waals surface area contributed by atoms with Crippen molar-refractivity contribution in [3.8, 4) is 0 Å². The van der Waals surface area contributed by atoms with E-state index >= 15 is 0 Å². The molecule has 1 atom stereocenters. The molecular formula is C12H18N4O3. The van der Waals surface area contributed by atoms with Crippen molar-refractivity contribution in [1.29, 1.82) is 0 Å². The molecule has 0 aliphatic carbocycles. The summed E-state index contributed by atoms with van der Waals surface area (Å²) in [6.45, 7) is 6.72. The van der Waals surface area contributed by atoms with E-state index in [0.717, 1.165) is 4.90 Å². The predicted molar refractivity (Wildman–Crippen MR) is 69.7 cm³/mol.